The third-order valence-electron chi connectivity index (χ3n) is 10.2. The highest BCUT2D eigenvalue weighted by Crippen LogP contribution is 2.39. The van der Waals surface area contributed by atoms with Crippen LogP contribution >= 0.6 is 0 Å². The number of para-hydroxylation sites is 2. The van der Waals surface area contributed by atoms with Gasteiger partial charge >= 0.3 is 0 Å². The van der Waals surface area contributed by atoms with Gasteiger partial charge in [0.15, 0.2) is 17.5 Å². The van der Waals surface area contributed by atoms with Crippen LogP contribution in [0.1, 0.15) is 0 Å². The van der Waals surface area contributed by atoms with Crippen molar-refractivity contribution in [3.63, 3.8) is 0 Å². The number of fused-ring (bicyclic) bond motifs is 9. The van der Waals surface area contributed by atoms with Gasteiger partial charge < -0.3 is 8.98 Å². The molecule has 0 amide bonds. The second-order valence-corrected chi connectivity index (χ2v) is 13.2. The van der Waals surface area contributed by atoms with Crippen LogP contribution in [0.4, 0.5) is 0 Å². The maximum Gasteiger partial charge on any atom is 0.167 e. The smallest absolute Gasteiger partial charge is 0.167 e. The Morgan fingerprint density at radius 3 is 1.85 bits per heavy atom. The van der Waals surface area contributed by atoms with E-state index in [1.54, 1.807) is 0 Å². The Balaban J connectivity index is 1.11. The van der Waals surface area contributed by atoms with Crippen molar-refractivity contribution in [2.75, 3.05) is 0 Å². The zero-order valence-corrected chi connectivity index (χ0v) is 27.9. The molecule has 242 valence electrons. The minimum absolute atomic E-state index is 0.568. The molecule has 0 aliphatic rings. The molecule has 0 spiro atoms. The highest BCUT2D eigenvalue weighted by Gasteiger charge is 2.19. The van der Waals surface area contributed by atoms with Gasteiger partial charge in [-0.15, -0.1) is 0 Å². The fourth-order valence-corrected chi connectivity index (χ4v) is 7.76. The van der Waals surface area contributed by atoms with Crippen LogP contribution in [0.15, 0.2) is 174 Å². The normalized spacial score (nSPS) is 11.8. The predicted molar refractivity (Wildman–Crippen MR) is 213 cm³/mol. The average molecular weight is 665 g/mol. The number of rotatable bonds is 4. The van der Waals surface area contributed by atoms with Gasteiger partial charge in [0, 0.05) is 43.7 Å². The van der Waals surface area contributed by atoms with Crippen molar-refractivity contribution >= 4 is 65.3 Å². The summed E-state index contributed by atoms with van der Waals surface area (Å²) < 4.78 is 8.81. The Morgan fingerprint density at radius 2 is 1.04 bits per heavy atom. The van der Waals surface area contributed by atoms with Gasteiger partial charge in [-0.1, -0.05) is 121 Å². The van der Waals surface area contributed by atoms with Crippen molar-refractivity contribution in [3.8, 4) is 39.9 Å². The molecule has 0 bridgehead atoms. The monoisotopic (exact) mass is 664 g/mol. The first-order chi connectivity index (χ1) is 25.8. The predicted octanol–water partition coefficient (Wildman–Crippen LogP) is 12.2. The summed E-state index contributed by atoms with van der Waals surface area (Å²) >= 11 is 0. The molecule has 0 saturated heterocycles. The van der Waals surface area contributed by atoms with Crippen LogP contribution < -0.4 is 0 Å². The van der Waals surface area contributed by atoms with E-state index in [0.717, 1.165) is 44.3 Å². The van der Waals surface area contributed by atoms with Gasteiger partial charge in [0.05, 0.1) is 16.6 Å². The molecule has 52 heavy (non-hydrogen) atoms. The Kier molecular flexibility index (Phi) is 6.18. The Hall–Kier alpha value is -7.11. The molecule has 11 rings (SSSR count). The van der Waals surface area contributed by atoms with Gasteiger partial charge in [0.25, 0.3) is 0 Å². The molecule has 11 aromatic rings. The quantitative estimate of drug-likeness (QED) is 0.188. The topological polar surface area (TPSA) is 56.7 Å². The van der Waals surface area contributed by atoms with Gasteiger partial charge in [-0.25, -0.2) is 15.0 Å². The SMILES string of the molecule is c1ccc(-c2nc(-c3ccc(-n4c5cc6ccccc6cc5c5ccc6ccccc6c54)cc3)nc(-c3cccc4c3oc3ccccc34)n2)cc1. The lowest BCUT2D eigenvalue weighted by Crippen LogP contribution is -2.01. The van der Waals surface area contributed by atoms with Crippen molar-refractivity contribution in [3.05, 3.63) is 170 Å². The van der Waals surface area contributed by atoms with Crippen molar-refractivity contribution in [1.29, 1.82) is 0 Å². The van der Waals surface area contributed by atoms with Crippen molar-refractivity contribution in [1.82, 2.24) is 19.5 Å². The number of hydrogen-bond acceptors (Lipinski definition) is 4. The van der Waals surface area contributed by atoms with Crippen LogP contribution in [0.3, 0.4) is 0 Å². The number of benzene rings is 8. The summed E-state index contributed by atoms with van der Waals surface area (Å²) in [5.74, 6) is 1.78. The molecular weight excluding hydrogens is 637 g/mol. The zero-order valence-electron chi connectivity index (χ0n) is 27.9. The summed E-state index contributed by atoms with van der Waals surface area (Å²) in [6, 6.07) is 59.3. The lowest BCUT2D eigenvalue weighted by atomic mass is 10.0. The molecule has 0 aliphatic heterocycles. The lowest BCUT2D eigenvalue weighted by molar-refractivity contribution is 0.669. The summed E-state index contributed by atoms with van der Waals surface area (Å²) in [5.41, 5.74) is 7.69. The number of nitrogens with zero attached hydrogens (tertiary/aromatic N) is 4. The molecule has 3 heterocycles. The fraction of sp³-hybridized carbons (Fsp3) is 0. The van der Waals surface area contributed by atoms with E-state index in [0.29, 0.717) is 17.5 Å². The zero-order chi connectivity index (χ0) is 34.2. The van der Waals surface area contributed by atoms with E-state index in [4.69, 9.17) is 19.4 Å². The van der Waals surface area contributed by atoms with E-state index in [2.05, 4.69) is 114 Å². The van der Waals surface area contributed by atoms with E-state index in [1.807, 2.05) is 60.7 Å². The van der Waals surface area contributed by atoms with Gasteiger partial charge in [0.1, 0.15) is 11.2 Å². The fourth-order valence-electron chi connectivity index (χ4n) is 7.76. The molecule has 5 heteroatoms. The van der Waals surface area contributed by atoms with Crippen LogP contribution in [0.2, 0.25) is 0 Å². The first kappa shape index (κ1) is 28.7. The molecule has 3 aromatic heterocycles. The van der Waals surface area contributed by atoms with Crippen LogP contribution in [0.5, 0.6) is 0 Å². The maximum absolute atomic E-state index is 6.41. The van der Waals surface area contributed by atoms with Gasteiger partial charge in [-0.3, -0.25) is 0 Å². The van der Waals surface area contributed by atoms with Crippen LogP contribution in [0.25, 0.3) is 105 Å². The van der Waals surface area contributed by atoms with Crippen LogP contribution in [-0.4, -0.2) is 19.5 Å². The number of aromatic nitrogens is 4. The van der Waals surface area contributed by atoms with Crippen molar-refractivity contribution in [2.24, 2.45) is 0 Å². The minimum Gasteiger partial charge on any atom is -0.455 e. The summed E-state index contributed by atoms with van der Waals surface area (Å²) in [5, 5.41) is 9.45. The van der Waals surface area contributed by atoms with Crippen molar-refractivity contribution < 1.29 is 4.42 Å². The van der Waals surface area contributed by atoms with Crippen LogP contribution in [0, 0.1) is 0 Å². The molecule has 0 fully saturated rings. The highest BCUT2D eigenvalue weighted by atomic mass is 16.3. The van der Waals surface area contributed by atoms with E-state index in [9.17, 15) is 0 Å². The second kappa shape index (κ2) is 11.2. The third-order valence-corrected chi connectivity index (χ3v) is 10.2. The van der Waals surface area contributed by atoms with E-state index in [1.165, 1.54) is 43.4 Å². The van der Waals surface area contributed by atoms with E-state index >= 15 is 0 Å². The second-order valence-electron chi connectivity index (χ2n) is 13.2. The summed E-state index contributed by atoms with van der Waals surface area (Å²) in [6.07, 6.45) is 0. The van der Waals surface area contributed by atoms with Gasteiger partial charge in [-0.05, 0) is 64.7 Å². The highest BCUT2D eigenvalue weighted by molar-refractivity contribution is 6.20. The minimum atomic E-state index is 0.568. The lowest BCUT2D eigenvalue weighted by Gasteiger charge is -2.12. The Morgan fingerprint density at radius 1 is 0.404 bits per heavy atom. The summed E-state index contributed by atoms with van der Waals surface area (Å²) in [6.45, 7) is 0. The molecule has 0 N–H and O–H groups in total. The summed E-state index contributed by atoms with van der Waals surface area (Å²) in [4.78, 5) is 15.1. The van der Waals surface area contributed by atoms with Crippen LogP contribution in [-0.2, 0) is 0 Å². The third kappa shape index (κ3) is 4.39. The first-order valence-corrected chi connectivity index (χ1v) is 17.4. The standard InChI is InChI=1S/C47H28N4O/c1-2-12-30(13-3-1)45-48-46(50-47(49-45)39-19-10-18-38-36-17-8-9-20-42(36)52-44(38)39)31-21-24-34(25-22-31)51-41-28-33-15-5-4-14-32(33)27-40(41)37-26-23-29-11-6-7-16-35(29)43(37)51/h1-28H. The first-order valence-electron chi connectivity index (χ1n) is 17.4. The van der Waals surface area contributed by atoms with E-state index < -0.39 is 0 Å². The number of hydrogen-bond donors (Lipinski definition) is 0. The van der Waals surface area contributed by atoms with Gasteiger partial charge in [-0.2, -0.15) is 0 Å². The molecule has 8 aromatic carbocycles. The summed E-state index contributed by atoms with van der Waals surface area (Å²) in [7, 11) is 0. The Bertz CT molecular complexity index is 3180. The Labute approximate surface area is 298 Å². The molecule has 0 atom stereocenters. The average Bonchev–Trinajstić information content (AvgIpc) is 3.76. The molecule has 0 radical (unpaired) electrons. The molecule has 0 saturated carbocycles. The van der Waals surface area contributed by atoms with Gasteiger partial charge in [0.2, 0.25) is 0 Å². The molecular formula is C47H28N4O. The maximum atomic E-state index is 6.41. The van der Waals surface area contributed by atoms with Crippen molar-refractivity contribution in [2.45, 2.75) is 0 Å². The molecule has 0 unspecified atom stereocenters. The molecule has 0 aliphatic carbocycles. The van der Waals surface area contributed by atoms with E-state index in [-0.39, 0.29) is 0 Å². The molecule has 5 nitrogen and oxygen atoms in total. The number of furan rings is 1. The largest absolute Gasteiger partial charge is 0.455 e.